The van der Waals surface area contributed by atoms with Crippen LogP contribution in [0.15, 0.2) is 59.6 Å². The number of rotatable bonds is 1. The monoisotopic (exact) mass is 536 g/mol. The molecule has 25 heavy (non-hydrogen) atoms. The highest BCUT2D eigenvalue weighted by Gasteiger charge is 2.33. The maximum Gasteiger partial charge on any atom is 0.0718 e. The van der Waals surface area contributed by atoms with Crippen molar-refractivity contribution < 1.29 is 0 Å². The molecule has 0 N–H and O–H groups in total. The van der Waals surface area contributed by atoms with Gasteiger partial charge in [-0.3, -0.25) is 0 Å². The van der Waals surface area contributed by atoms with Gasteiger partial charge in [-0.1, -0.05) is 98.6 Å². The molecule has 0 saturated heterocycles. The summed E-state index contributed by atoms with van der Waals surface area (Å²) in [4.78, 5) is 1.35. The van der Waals surface area contributed by atoms with Crippen LogP contribution in [-0.2, 0) is 0 Å². The van der Waals surface area contributed by atoms with Crippen molar-refractivity contribution in [2.75, 3.05) is 11.5 Å². The van der Waals surface area contributed by atoms with Crippen LogP contribution in [0.25, 0.3) is 4.91 Å². The van der Waals surface area contributed by atoms with Crippen molar-refractivity contribution in [2.24, 2.45) is 0 Å². The van der Waals surface area contributed by atoms with Gasteiger partial charge in [0.2, 0.25) is 0 Å². The van der Waals surface area contributed by atoms with E-state index in [4.69, 9.17) is 0 Å². The van der Waals surface area contributed by atoms with Crippen molar-refractivity contribution in [1.82, 2.24) is 0 Å². The average molecular weight is 538 g/mol. The van der Waals surface area contributed by atoms with E-state index in [-0.39, 0.29) is 0 Å². The number of hydrogen-bond donors (Lipinski definition) is 0. The molecular formula is C16H9BrS8. The van der Waals surface area contributed by atoms with Crippen molar-refractivity contribution in [3.05, 3.63) is 65.1 Å². The molecule has 0 aromatic heterocycles. The van der Waals surface area contributed by atoms with Crippen LogP contribution in [0.2, 0.25) is 0 Å². The molecule has 0 unspecified atom stereocenters. The Morgan fingerprint density at radius 3 is 1.88 bits per heavy atom. The lowest BCUT2D eigenvalue weighted by molar-refractivity contribution is 1.56. The molecule has 1 aromatic rings. The quantitative estimate of drug-likeness (QED) is 0.343. The molecule has 4 heterocycles. The van der Waals surface area contributed by atoms with Crippen LogP contribution in [0, 0.1) is 0 Å². The first kappa shape index (κ1) is 18.5. The second-order valence-corrected chi connectivity index (χ2v) is 15.7. The van der Waals surface area contributed by atoms with Gasteiger partial charge in [0.15, 0.2) is 0 Å². The van der Waals surface area contributed by atoms with Crippen molar-refractivity contribution in [3.8, 4) is 0 Å². The molecule has 0 bridgehead atoms. The van der Waals surface area contributed by atoms with Crippen LogP contribution in [0.5, 0.6) is 0 Å². The summed E-state index contributed by atoms with van der Waals surface area (Å²) < 4.78 is 10.1. The first-order chi connectivity index (χ1) is 12.3. The molecule has 4 aliphatic heterocycles. The summed E-state index contributed by atoms with van der Waals surface area (Å²) in [7, 11) is 0. The molecule has 1 aromatic carbocycles. The van der Waals surface area contributed by atoms with Crippen LogP contribution in [-0.4, -0.2) is 11.5 Å². The Morgan fingerprint density at radius 2 is 1.20 bits per heavy atom. The molecule has 0 nitrogen and oxygen atoms in total. The number of thioether (sulfide) groups is 8. The SMILES string of the molecule is Brc1ccc(C2=CSC3=C(S2)SC(=C2SC4=C(SCCS4)S2)S3)cc1. The number of halogens is 1. The number of benzene rings is 1. The summed E-state index contributed by atoms with van der Waals surface area (Å²) in [5.41, 5.74) is 1.30. The minimum atomic E-state index is 1.13. The van der Waals surface area contributed by atoms with Crippen molar-refractivity contribution >= 4 is 115 Å². The summed E-state index contributed by atoms with van der Waals surface area (Å²) in [5, 5.41) is 2.30. The summed E-state index contributed by atoms with van der Waals surface area (Å²) in [6.45, 7) is 0. The molecule has 0 atom stereocenters. The maximum atomic E-state index is 3.52. The normalized spacial score (nSPS) is 23.2. The third-order valence-corrected chi connectivity index (χ3v) is 15.7. The summed E-state index contributed by atoms with van der Waals surface area (Å²) in [6.07, 6.45) is 0. The molecule has 0 aliphatic carbocycles. The van der Waals surface area contributed by atoms with Gasteiger partial charge in [0.25, 0.3) is 0 Å². The fraction of sp³-hybridized carbons (Fsp3) is 0.125. The molecule has 0 saturated carbocycles. The van der Waals surface area contributed by atoms with Gasteiger partial charge >= 0.3 is 0 Å². The largest absolute Gasteiger partial charge is 0.116 e. The van der Waals surface area contributed by atoms with E-state index in [0.717, 1.165) is 4.47 Å². The predicted molar refractivity (Wildman–Crippen MR) is 134 cm³/mol. The summed E-state index contributed by atoms with van der Waals surface area (Å²) in [6, 6.07) is 8.62. The van der Waals surface area contributed by atoms with Gasteiger partial charge in [-0.05, 0) is 23.1 Å². The number of hydrogen-bond acceptors (Lipinski definition) is 8. The molecule has 0 radical (unpaired) electrons. The Kier molecular flexibility index (Phi) is 5.96. The molecule has 4 aliphatic rings. The Labute approximate surface area is 189 Å². The van der Waals surface area contributed by atoms with E-state index in [1.165, 1.54) is 47.4 Å². The van der Waals surface area contributed by atoms with Gasteiger partial charge in [-0.25, -0.2) is 0 Å². The van der Waals surface area contributed by atoms with Gasteiger partial charge in [-0.15, -0.1) is 23.5 Å². The third-order valence-electron chi connectivity index (χ3n) is 3.40. The van der Waals surface area contributed by atoms with E-state index in [2.05, 4.69) is 45.6 Å². The summed E-state index contributed by atoms with van der Waals surface area (Å²) in [5.74, 6) is 2.50. The highest BCUT2D eigenvalue weighted by Crippen LogP contribution is 2.68. The van der Waals surface area contributed by atoms with Gasteiger partial charge < -0.3 is 0 Å². The Hall–Kier alpha value is 1.46. The molecule has 0 fully saturated rings. The van der Waals surface area contributed by atoms with E-state index >= 15 is 0 Å². The van der Waals surface area contributed by atoms with Crippen molar-refractivity contribution in [1.29, 1.82) is 0 Å². The zero-order valence-electron chi connectivity index (χ0n) is 12.4. The average Bonchev–Trinajstić information content (AvgIpc) is 3.25. The zero-order valence-corrected chi connectivity index (χ0v) is 20.6. The van der Waals surface area contributed by atoms with Crippen molar-refractivity contribution in [2.45, 2.75) is 0 Å². The Morgan fingerprint density at radius 1 is 0.640 bits per heavy atom. The molecule has 0 spiro atoms. The fourth-order valence-corrected chi connectivity index (χ4v) is 14.4. The first-order valence-electron chi connectivity index (χ1n) is 7.27. The summed E-state index contributed by atoms with van der Waals surface area (Å²) >= 11 is 19.3. The second kappa shape index (κ2) is 8.06. The van der Waals surface area contributed by atoms with Gasteiger partial charge in [0.05, 0.1) is 25.4 Å². The van der Waals surface area contributed by atoms with E-state index in [1.54, 1.807) is 0 Å². The lowest BCUT2D eigenvalue weighted by atomic mass is 10.2. The standard InChI is InChI=1S/C16H9BrS8/c17-9-3-1-8(2-4-9)10-7-20-13-14(21-10)25-16(24-13)15-22-11-12(23-15)19-6-5-18-11/h1-4,7H,5-6H2. The minimum Gasteiger partial charge on any atom is -0.116 e. The van der Waals surface area contributed by atoms with E-state index in [1.807, 2.05) is 94.1 Å². The van der Waals surface area contributed by atoms with Gasteiger partial charge in [-0.2, -0.15) is 0 Å². The van der Waals surface area contributed by atoms with E-state index < -0.39 is 0 Å². The van der Waals surface area contributed by atoms with Crippen LogP contribution >= 0.6 is 110 Å². The predicted octanol–water partition coefficient (Wildman–Crippen LogP) is 9.05. The third kappa shape index (κ3) is 3.96. The maximum absolute atomic E-state index is 3.52. The molecular weight excluding hydrogens is 529 g/mol. The topological polar surface area (TPSA) is 0 Å². The van der Waals surface area contributed by atoms with Crippen LogP contribution < -0.4 is 0 Å². The van der Waals surface area contributed by atoms with Crippen LogP contribution in [0.4, 0.5) is 0 Å². The fourth-order valence-electron chi connectivity index (χ4n) is 2.26. The highest BCUT2D eigenvalue weighted by atomic mass is 79.9. The van der Waals surface area contributed by atoms with Crippen molar-refractivity contribution in [3.63, 3.8) is 0 Å². The Balaban J connectivity index is 1.31. The second-order valence-electron chi connectivity index (χ2n) is 5.04. The molecule has 0 amide bonds. The molecule has 9 heteroatoms. The Bertz CT molecular complexity index is 845. The molecule has 5 rings (SSSR count). The highest BCUT2D eigenvalue weighted by molar-refractivity contribution is 9.10. The lowest BCUT2D eigenvalue weighted by Crippen LogP contribution is -1.88. The van der Waals surface area contributed by atoms with E-state index in [0.29, 0.717) is 0 Å². The van der Waals surface area contributed by atoms with Crippen LogP contribution in [0.1, 0.15) is 5.56 Å². The van der Waals surface area contributed by atoms with Gasteiger partial charge in [0, 0.05) is 20.9 Å². The molecule has 128 valence electrons. The van der Waals surface area contributed by atoms with Gasteiger partial charge in [0.1, 0.15) is 0 Å². The van der Waals surface area contributed by atoms with E-state index in [9.17, 15) is 0 Å². The smallest absolute Gasteiger partial charge is 0.0718 e. The van der Waals surface area contributed by atoms with Crippen LogP contribution in [0.3, 0.4) is 0 Å². The minimum absolute atomic E-state index is 1.13. The first-order valence-corrected chi connectivity index (χ1v) is 15.0. The zero-order chi connectivity index (χ0) is 16.8. The lowest BCUT2D eigenvalue weighted by Gasteiger charge is -2.13.